The summed E-state index contributed by atoms with van der Waals surface area (Å²) in [5.74, 6) is 1.31. The number of allylic oxidation sites excluding steroid dienone is 1. The maximum Gasteiger partial charge on any atom is 0.161 e. The third kappa shape index (κ3) is 5.63. The molecule has 0 amide bonds. The summed E-state index contributed by atoms with van der Waals surface area (Å²) in [6.07, 6.45) is 3.42. The molecule has 4 nitrogen and oxygen atoms in total. The Bertz CT molecular complexity index is 430. The quantitative estimate of drug-likeness (QED) is 0.767. The van der Waals surface area contributed by atoms with Crippen LogP contribution in [0.2, 0.25) is 0 Å². The number of hydrogen-bond donors (Lipinski definition) is 2. The van der Waals surface area contributed by atoms with Crippen molar-refractivity contribution in [3.8, 4) is 11.5 Å². The lowest BCUT2D eigenvalue weighted by molar-refractivity contribution is 0.103. The zero-order chi connectivity index (χ0) is 15.0. The van der Waals surface area contributed by atoms with E-state index in [0.717, 1.165) is 5.56 Å². The van der Waals surface area contributed by atoms with Crippen LogP contribution < -0.4 is 14.8 Å². The molecule has 0 aliphatic carbocycles. The van der Waals surface area contributed by atoms with Gasteiger partial charge in [0.25, 0.3) is 0 Å². The standard InChI is InChI=1S/C16H25NO3/c1-5-6-13-7-8-15(16(9-13)19-4)20-11-14(18)10-17-12(2)3/h5-9,12,14,17-18H,10-11H2,1-4H3. The van der Waals surface area contributed by atoms with Crippen molar-refractivity contribution in [2.24, 2.45) is 0 Å². The third-order valence-electron chi connectivity index (χ3n) is 2.74. The second kappa shape index (κ2) is 8.61. The van der Waals surface area contributed by atoms with Gasteiger partial charge in [-0.15, -0.1) is 0 Å². The first-order valence-corrected chi connectivity index (χ1v) is 6.91. The maximum absolute atomic E-state index is 9.82. The largest absolute Gasteiger partial charge is 0.493 e. The van der Waals surface area contributed by atoms with Crippen LogP contribution in [-0.4, -0.2) is 37.5 Å². The van der Waals surface area contributed by atoms with Crippen LogP contribution in [-0.2, 0) is 0 Å². The number of benzene rings is 1. The second-order valence-corrected chi connectivity index (χ2v) is 4.94. The summed E-state index contributed by atoms with van der Waals surface area (Å²) in [5, 5.41) is 13.0. The first kappa shape index (κ1) is 16.5. The van der Waals surface area contributed by atoms with Gasteiger partial charge < -0.3 is 19.9 Å². The highest BCUT2D eigenvalue weighted by molar-refractivity contribution is 5.55. The Hall–Kier alpha value is -1.52. The minimum absolute atomic E-state index is 0.235. The molecule has 0 saturated carbocycles. The van der Waals surface area contributed by atoms with Gasteiger partial charge in [0.05, 0.1) is 7.11 Å². The first-order valence-electron chi connectivity index (χ1n) is 6.91. The molecule has 0 saturated heterocycles. The topological polar surface area (TPSA) is 50.7 Å². The summed E-state index contributed by atoms with van der Waals surface area (Å²) >= 11 is 0. The molecule has 1 aromatic rings. The number of aliphatic hydroxyl groups is 1. The summed E-state index contributed by atoms with van der Waals surface area (Å²) in [6.45, 7) is 6.79. The van der Waals surface area contributed by atoms with E-state index < -0.39 is 6.10 Å². The van der Waals surface area contributed by atoms with Gasteiger partial charge in [0.15, 0.2) is 11.5 Å². The number of methoxy groups -OCH3 is 1. The summed E-state index contributed by atoms with van der Waals surface area (Å²) in [6, 6.07) is 6.07. The van der Waals surface area contributed by atoms with Gasteiger partial charge in [0, 0.05) is 12.6 Å². The smallest absolute Gasteiger partial charge is 0.161 e. The molecule has 0 aliphatic rings. The monoisotopic (exact) mass is 279 g/mol. The Morgan fingerprint density at radius 3 is 2.65 bits per heavy atom. The number of ether oxygens (including phenoxy) is 2. The van der Waals surface area contributed by atoms with E-state index >= 15 is 0 Å². The van der Waals surface area contributed by atoms with E-state index in [0.29, 0.717) is 24.1 Å². The van der Waals surface area contributed by atoms with Crippen molar-refractivity contribution in [3.63, 3.8) is 0 Å². The average molecular weight is 279 g/mol. The van der Waals surface area contributed by atoms with Crippen LogP contribution in [0.1, 0.15) is 26.3 Å². The molecule has 4 heteroatoms. The first-order chi connectivity index (χ1) is 9.56. The van der Waals surface area contributed by atoms with Gasteiger partial charge in [0.1, 0.15) is 12.7 Å². The molecule has 1 atom stereocenters. The Balaban J connectivity index is 2.58. The SMILES string of the molecule is CC=Cc1ccc(OCC(O)CNC(C)C)c(OC)c1. The molecule has 2 N–H and O–H groups in total. The summed E-state index contributed by atoms with van der Waals surface area (Å²) < 4.78 is 10.9. The van der Waals surface area contributed by atoms with E-state index in [2.05, 4.69) is 5.32 Å². The van der Waals surface area contributed by atoms with Crippen LogP contribution in [0.15, 0.2) is 24.3 Å². The zero-order valence-corrected chi connectivity index (χ0v) is 12.7. The van der Waals surface area contributed by atoms with Crippen molar-refractivity contribution >= 4 is 6.08 Å². The molecule has 112 valence electrons. The predicted molar refractivity (Wildman–Crippen MR) is 82.3 cm³/mol. The zero-order valence-electron chi connectivity index (χ0n) is 12.7. The normalized spacial score (nSPS) is 12.9. The molecule has 1 unspecified atom stereocenters. The fraction of sp³-hybridized carbons (Fsp3) is 0.500. The van der Waals surface area contributed by atoms with Crippen LogP contribution in [0, 0.1) is 0 Å². The molecular formula is C16H25NO3. The summed E-state index contributed by atoms with van der Waals surface area (Å²) in [5.41, 5.74) is 1.05. The van der Waals surface area contributed by atoms with Gasteiger partial charge in [-0.2, -0.15) is 0 Å². The highest BCUT2D eigenvalue weighted by Gasteiger charge is 2.09. The molecule has 1 rings (SSSR count). The van der Waals surface area contributed by atoms with Crippen LogP contribution in [0.4, 0.5) is 0 Å². The fourth-order valence-electron chi connectivity index (χ4n) is 1.72. The Morgan fingerprint density at radius 1 is 1.30 bits per heavy atom. The molecule has 0 spiro atoms. The van der Waals surface area contributed by atoms with Gasteiger partial charge in [0.2, 0.25) is 0 Å². The Labute approximate surface area is 121 Å². The van der Waals surface area contributed by atoms with Crippen LogP contribution in [0.5, 0.6) is 11.5 Å². The molecular weight excluding hydrogens is 254 g/mol. The van der Waals surface area contributed by atoms with Gasteiger partial charge in [-0.05, 0) is 24.6 Å². The minimum Gasteiger partial charge on any atom is -0.493 e. The van der Waals surface area contributed by atoms with Crippen molar-refractivity contribution in [1.29, 1.82) is 0 Å². The Kier molecular flexibility index (Phi) is 7.12. The lowest BCUT2D eigenvalue weighted by Crippen LogP contribution is -2.35. The van der Waals surface area contributed by atoms with E-state index in [1.54, 1.807) is 7.11 Å². The highest BCUT2D eigenvalue weighted by Crippen LogP contribution is 2.28. The van der Waals surface area contributed by atoms with Crippen molar-refractivity contribution < 1.29 is 14.6 Å². The lowest BCUT2D eigenvalue weighted by Gasteiger charge is -2.16. The number of nitrogens with one attached hydrogen (secondary N) is 1. The molecule has 0 heterocycles. The van der Waals surface area contributed by atoms with E-state index in [1.807, 2.05) is 51.1 Å². The van der Waals surface area contributed by atoms with Gasteiger partial charge in [-0.1, -0.05) is 32.1 Å². The molecule has 0 aromatic heterocycles. The van der Waals surface area contributed by atoms with E-state index in [9.17, 15) is 5.11 Å². The second-order valence-electron chi connectivity index (χ2n) is 4.94. The molecule has 0 fully saturated rings. The van der Waals surface area contributed by atoms with E-state index in [1.165, 1.54) is 0 Å². The average Bonchev–Trinajstić information content (AvgIpc) is 2.43. The maximum atomic E-state index is 9.82. The number of hydrogen-bond acceptors (Lipinski definition) is 4. The van der Waals surface area contributed by atoms with E-state index in [-0.39, 0.29) is 6.61 Å². The molecule has 0 aliphatic heterocycles. The number of aliphatic hydroxyl groups excluding tert-OH is 1. The fourth-order valence-corrected chi connectivity index (χ4v) is 1.72. The van der Waals surface area contributed by atoms with Gasteiger partial charge >= 0.3 is 0 Å². The molecule has 20 heavy (non-hydrogen) atoms. The van der Waals surface area contributed by atoms with Crippen LogP contribution in [0.25, 0.3) is 6.08 Å². The Morgan fingerprint density at radius 2 is 2.05 bits per heavy atom. The van der Waals surface area contributed by atoms with Gasteiger partial charge in [-0.3, -0.25) is 0 Å². The van der Waals surface area contributed by atoms with Crippen molar-refractivity contribution in [3.05, 3.63) is 29.8 Å². The van der Waals surface area contributed by atoms with Crippen LogP contribution >= 0.6 is 0 Å². The summed E-state index contributed by atoms with van der Waals surface area (Å²) in [7, 11) is 1.61. The predicted octanol–water partition coefficient (Wildman–Crippen LogP) is 2.47. The lowest BCUT2D eigenvalue weighted by atomic mass is 10.2. The molecule has 0 bridgehead atoms. The minimum atomic E-state index is -0.544. The van der Waals surface area contributed by atoms with Crippen LogP contribution in [0.3, 0.4) is 0 Å². The molecule has 0 radical (unpaired) electrons. The van der Waals surface area contributed by atoms with Crippen molar-refractivity contribution in [1.82, 2.24) is 5.32 Å². The van der Waals surface area contributed by atoms with Crippen molar-refractivity contribution in [2.45, 2.75) is 32.9 Å². The highest BCUT2D eigenvalue weighted by atomic mass is 16.5. The number of rotatable bonds is 8. The van der Waals surface area contributed by atoms with E-state index in [4.69, 9.17) is 9.47 Å². The van der Waals surface area contributed by atoms with Gasteiger partial charge in [-0.25, -0.2) is 0 Å². The summed E-state index contributed by atoms with van der Waals surface area (Å²) in [4.78, 5) is 0. The third-order valence-corrected chi connectivity index (χ3v) is 2.74. The molecule has 1 aromatic carbocycles. The van der Waals surface area contributed by atoms with Crippen molar-refractivity contribution in [2.75, 3.05) is 20.3 Å².